The summed E-state index contributed by atoms with van der Waals surface area (Å²) < 4.78 is 0. The Balaban J connectivity index is 2.35. The van der Waals surface area contributed by atoms with Gasteiger partial charge in [-0.15, -0.1) is 6.58 Å². The highest BCUT2D eigenvalue weighted by molar-refractivity contribution is 5.50. The molecule has 28 heavy (non-hydrogen) atoms. The van der Waals surface area contributed by atoms with E-state index < -0.39 is 5.54 Å². The average molecular weight is 368 g/mol. The van der Waals surface area contributed by atoms with E-state index in [1.54, 1.807) is 0 Å². The molecule has 3 aromatic carbocycles. The lowest BCUT2D eigenvalue weighted by Crippen LogP contribution is -2.48. The van der Waals surface area contributed by atoms with Crippen molar-refractivity contribution < 1.29 is 0 Å². The standard InChI is InChI=1S/C27H29N/c1-4-21-28(22-20-23(2)3)27(24-14-8-5-9-15-24,25-16-10-6-11-17-25)26-18-12-7-13-19-26/h4-20H,1,21-22H2,2-3H3. The van der Waals surface area contributed by atoms with Crippen LogP contribution < -0.4 is 0 Å². The second kappa shape index (κ2) is 9.34. The summed E-state index contributed by atoms with van der Waals surface area (Å²) in [7, 11) is 0. The Bertz CT molecular complexity index is 794. The van der Waals surface area contributed by atoms with Gasteiger partial charge in [-0.3, -0.25) is 4.90 Å². The van der Waals surface area contributed by atoms with E-state index in [2.05, 4.69) is 122 Å². The first kappa shape index (κ1) is 19.9. The normalized spacial score (nSPS) is 11.2. The van der Waals surface area contributed by atoms with Crippen molar-refractivity contribution in [1.82, 2.24) is 4.90 Å². The molecule has 1 nitrogen and oxygen atoms in total. The van der Waals surface area contributed by atoms with Crippen molar-refractivity contribution >= 4 is 0 Å². The Morgan fingerprint density at radius 1 is 0.714 bits per heavy atom. The highest BCUT2D eigenvalue weighted by Gasteiger charge is 2.41. The van der Waals surface area contributed by atoms with Gasteiger partial charge in [0.1, 0.15) is 0 Å². The quantitative estimate of drug-likeness (QED) is 0.327. The van der Waals surface area contributed by atoms with E-state index >= 15 is 0 Å². The lowest BCUT2D eigenvalue weighted by Gasteiger charge is -2.45. The van der Waals surface area contributed by atoms with E-state index in [1.165, 1.54) is 22.3 Å². The fourth-order valence-electron chi connectivity index (χ4n) is 3.88. The third kappa shape index (κ3) is 4.00. The molecule has 0 bridgehead atoms. The number of benzene rings is 3. The zero-order chi connectivity index (χ0) is 19.8. The van der Waals surface area contributed by atoms with Crippen LogP contribution in [-0.4, -0.2) is 18.0 Å². The van der Waals surface area contributed by atoms with E-state index in [0.717, 1.165) is 13.1 Å². The van der Waals surface area contributed by atoms with E-state index in [4.69, 9.17) is 0 Å². The van der Waals surface area contributed by atoms with Crippen LogP contribution in [-0.2, 0) is 5.54 Å². The predicted molar refractivity (Wildman–Crippen MR) is 120 cm³/mol. The number of rotatable bonds is 8. The van der Waals surface area contributed by atoms with Crippen LogP contribution >= 0.6 is 0 Å². The highest BCUT2D eigenvalue weighted by atomic mass is 15.2. The number of hydrogen-bond donors (Lipinski definition) is 0. The van der Waals surface area contributed by atoms with Gasteiger partial charge in [0.2, 0.25) is 0 Å². The smallest absolute Gasteiger partial charge is 0.0978 e. The molecule has 0 unspecified atom stereocenters. The van der Waals surface area contributed by atoms with Crippen LogP contribution in [0, 0.1) is 0 Å². The number of nitrogens with zero attached hydrogens (tertiary/aromatic N) is 1. The lowest BCUT2D eigenvalue weighted by atomic mass is 9.75. The van der Waals surface area contributed by atoms with Crippen LogP contribution in [0.3, 0.4) is 0 Å². The molecule has 1 heteroatoms. The second-order valence-electron chi connectivity index (χ2n) is 7.28. The van der Waals surface area contributed by atoms with Gasteiger partial charge in [-0.05, 0) is 30.5 Å². The molecule has 0 saturated heterocycles. The van der Waals surface area contributed by atoms with Gasteiger partial charge in [0.05, 0.1) is 5.54 Å². The fraction of sp³-hybridized carbons (Fsp3) is 0.185. The Kier molecular flexibility index (Phi) is 6.62. The highest BCUT2D eigenvalue weighted by Crippen LogP contribution is 2.42. The van der Waals surface area contributed by atoms with Crippen molar-refractivity contribution in [2.45, 2.75) is 19.4 Å². The molecule has 0 atom stereocenters. The summed E-state index contributed by atoms with van der Waals surface area (Å²) in [6, 6.07) is 32.4. The van der Waals surface area contributed by atoms with Gasteiger partial charge in [0, 0.05) is 13.1 Å². The molecule has 0 heterocycles. The first-order valence-corrected chi connectivity index (χ1v) is 9.85. The van der Waals surface area contributed by atoms with Gasteiger partial charge in [-0.1, -0.05) is 109 Å². The molecule has 3 aromatic rings. The SMILES string of the molecule is C=CCN(CC=C(C)C)C(c1ccccc1)(c1ccccc1)c1ccccc1. The van der Waals surface area contributed by atoms with E-state index in [0.29, 0.717) is 0 Å². The zero-order valence-electron chi connectivity index (χ0n) is 16.9. The summed E-state index contributed by atoms with van der Waals surface area (Å²) in [5.74, 6) is 0. The molecule has 0 spiro atoms. The maximum Gasteiger partial charge on any atom is 0.0978 e. The molecular weight excluding hydrogens is 338 g/mol. The van der Waals surface area contributed by atoms with Crippen LogP contribution in [0.15, 0.2) is 115 Å². The van der Waals surface area contributed by atoms with Gasteiger partial charge < -0.3 is 0 Å². The molecule has 0 aliphatic rings. The average Bonchev–Trinajstić information content (AvgIpc) is 2.75. The molecule has 142 valence electrons. The first-order chi connectivity index (χ1) is 13.7. The van der Waals surface area contributed by atoms with Gasteiger partial charge in [0.25, 0.3) is 0 Å². The molecule has 0 amide bonds. The zero-order valence-corrected chi connectivity index (χ0v) is 16.9. The van der Waals surface area contributed by atoms with Crippen LogP contribution in [0.5, 0.6) is 0 Å². The summed E-state index contributed by atoms with van der Waals surface area (Å²) in [6.45, 7) is 9.99. The number of hydrogen-bond acceptors (Lipinski definition) is 1. The van der Waals surface area contributed by atoms with Crippen molar-refractivity contribution in [2.24, 2.45) is 0 Å². The summed E-state index contributed by atoms with van der Waals surface area (Å²) in [6.07, 6.45) is 4.30. The molecule has 0 fully saturated rings. The largest absolute Gasteiger partial charge is 0.279 e. The molecule has 0 N–H and O–H groups in total. The predicted octanol–water partition coefficient (Wildman–Crippen LogP) is 6.43. The third-order valence-corrected chi connectivity index (χ3v) is 5.12. The summed E-state index contributed by atoms with van der Waals surface area (Å²) in [4.78, 5) is 2.51. The van der Waals surface area contributed by atoms with E-state index in [-0.39, 0.29) is 0 Å². The fourth-order valence-corrected chi connectivity index (χ4v) is 3.88. The Labute approximate surface area is 169 Å². The first-order valence-electron chi connectivity index (χ1n) is 9.85. The van der Waals surface area contributed by atoms with Crippen molar-refractivity contribution in [1.29, 1.82) is 0 Å². The molecule has 3 rings (SSSR count). The minimum absolute atomic E-state index is 0.399. The van der Waals surface area contributed by atoms with Crippen LogP contribution in [0.2, 0.25) is 0 Å². The van der Waals surface area contributed by atoms with Crippen molar-refractivity contribution in [3.8, 4) is 0 Å². The van der Waals surface area contributed by atoms with Crippen LogP contribution in [0.4, 0.5) is 0 Å². The molecule has 0 aromatic heterocycles. The van der Waals surface area contributed by atoms with Crippen molar-refractivity contribution in [3.63, 3.8) is 0 Å². The van der Waals surface area contributed by atoms with Crippen molar-refractivity contribution in [3.05, 3.63) is 132 Å². The Hall–Kier alpha value is -2.90. The summed E-state index contributed by atoms with van der Waals surface area (Å²) >= 11 is 0. The maximum atomic E-state index is 4.06. The summed E-state index contributed by atoms with van der Waals surface area (Å²) in [5, 5.41) is 0. The van der Waals surface area contributed by atoms with Gasteiger partial charge in [-0.2, -0.15) is 0 Å². The molecule has 0 aliphatic heterocycles. The third-order valence-electron chi connectivity index (χ3n) is 5.12. The monoisotopic (exact) mass is 367 g/mol. The molecule has 0 saturated carbocycles. The van der Waals surface area contributed by atoms with Crippen LogP contribution in [0.25, 0.3) is 0 Å². The maximum absolute atomic E-state index is 4.06. The molecule has 0 aliphatic carbocycles. The van der Waals surface area contributed by atoms with Gasteiger partial charge in [0.15, 0.2) is 0 Å². The number of allylic oxidation sites excluding steroid dienone is 1. The minimum atomic E-state index is -0.399. The van der Waals surface area contributed by atoms with Crippen molar-refractivity contribution in [2.75, 3.05) is 13.1 Å². The molecular formula is C27H29N. The lowest BCUT2D eigenvalue weighted by molar-refractivity contribution is 0.196. The topological polar surface area (TPSA) is 3.24 Å². The Morgan fingerprint density at radius 3 is 1.43 bits per heavy atom. The summed E-state index contributed by atoms with van der Waals surface area (Å²) in [5.41, 5.74) is 4.70. The second-order valence-corrected chi connectivity index (χ2v) is 7.28. The van der Waals surface area contributed by atoms with E-state index in [9.17, 15) is 0 Å². The van der Waals surface area contributed by atoms with Crippen LogP contribution in [0.1, 0.15) is 30.5 Å². The Morgan fingerprint density at radius 2 is 1.11 bits per heavy atom. The van der Waals surface area contributed by atoms with E-state index in [1.807, 2.05) is 6.08 Å². The molecule has 0 radical (unpaired) electrons. The van der Waals surface area contributed by atoms with Gasteiger partial charge in [-0.25, -0.2) is 0 Å². The minimum Gasteiger partial charge on any atom is -0.279 e. The van der Waals surface area contributed by atoms with Gasteiger partial charge >= 0.3 is 0 Å².